The zero-order valence-corrected chi connectivity index (χ0v) is 16.5. The minimum absolute atomic E-state index is 0. The predicted molar refractivity (Wildman–Crippen MR) is 100 cm³/mol. The molecule has 0 unspecified atom stereocenters. The summed E-state index contributed by atoms with van der Waals surface area (Å²) in [6.07, 6.45) is 1.53. The van der Waals surface area contributed by atoms with Crippen LogP contribution in [0.25, 0.3) is 0 Å². The highest BCUT2D eigenvalue weighted by Gasteiger charge is 2.35. The molecule has 2 aliphatic rings. The lowest BCUT2D eigenvalue weighted by atomic mass is 9.80. The number of piperazine rings is 1. The Labute approximate surface area is 162 Å². The highest BCUT2D eigenvalue weighted by atomic mass is 79.9. The quantitative estimate of drug-likeness (QED) is 0.674. The second-order valence-electron chi connectivity index (χ2n) is 6.86. The molecule has 3 rings (SSSR count). The third-order valence-corrected chi connectivity index (χ3v) is 6.01. The molecule has 1 N–H and O–H groups in total. The van der Waals surface area contributed by atoms with Crippen LogP contribution in [0.3, 0.4) is 0 Å². The minimum Gasteiger partial charge on any atom is -0.314 e. The summed E-state index contributed by atoms with van der Waals surface area (Å²) in [6.45, 7) is 3.59. The van der Waals surface area contributed by atoms with Crippen molar-refractivity contribution in [2.75, 3.05) is 26.2 Å². The molecule has 1 aromatic rings. The van der Waals surface area contributed by atoms with Gasteiger partial charge in [-0.05, 0) is 42.5 Å². The van der Waals surface area contributed by atoms with Crippen LogP contribution >= 0.6 is 28.3 Å². The van der Waals surface area contributed by atoms with E-state index in [0.29, 0.717) is 5.92 Å². The van der Waals surface area contributed by atoms with E-state index in [0.717, 1.165) is 49.1 Å². The van der Waals surface area contributed by atoms with Crippen LogP contribution in [0, 0.1) is 5.92 Å². The van der Waals surface area contributed by atoms with Crippen LogP contribution in [0.4, 0.5) is 13.2 Å². The van der Waals surface area contributed by atoms with Gasteiger partial charge in [-0.15, -0.1) is 12.4 Å². The van der Waals surface area contributed by atoms with Gasteiger partial charge in [0.15, 0.2) is 0 Å². The van der Waals surface area contributed by atoms with Crippen LogP contribution in [-0.4, -0.2) is 31.1 Å². The average molecular weight is 442 g/mol. The van der Waals surface area contributed by atoms with Gasteiger partial charge in [0.25, 0.3) is 0 Å². The summed E-state index contributed by atoms with van der Waals surface area (Å²) in [4.78, 5) is 2.38. The number of nitrogens with one attached hydrogen (secondary N) is 1. The minimum atomic E-state index is -4.30. The monoisotopic (exact) mass is 440 g/mol. The second-order valence-corrected chi connectivity index (χ2v) is 7.72. The van der Waals surface area contributed by atoms with E-state index >= 15 is 0 Å². The van der Waals surface area contributed by atoms with Crippen molar-refractivity contribution in [2.45, 2.75) is 44.3 Å². The molecule has 2 nitrogen and oxygen atoms in total. The predicted octanol–water partition coefficient (Wildman–Crippen LogP) is 5.42. The van der Waals surface area contributed by atoms with Gasteiger partial charge in [0.2, 0.25) is 0 Å². The SMILES string of the molecule is Cl.FC(F)(F)c1ccc(Br)c([C@@H](C2CCCCC2)N2CCNCC2)c1. The first-order valence-corrected chi connectivity index (χ1v) is 9.57. The summed E-state index contributed by atoms with van der Waals surface area (Å²) in [5.41, 5.74) is 0.260. The standard InChI is InChI=1S/C18H24BrF3N2.ClH/c19-16-7-6-14(18(20,21)22)12-15(16)17(13-4-2-1-3-5-13)24-10-8-23-9-11-24;/h6-7,12-13,17,23H,1-5,8-11H2;1H/t17-;/m1./s1. The van der Waals surface area contributed by atoms with E-state index in [1.165, 1.54) is 31.4 Å². The summed E-state index contributed by atoms with van der Waals surface area (Å²) >= 11 is 3.52. The molecule has 142 valence electrons. The van der Waals surface area contributed by atoms with Crippen molar-refractivity contribution < 1.29 is 13.2 Å². The summed E-state index contributed by atoms with van der Waals surface area (Å²) in [5.74, 6) is 0.441. The zero-order chi connectivity index (χ0) is 17.2. The molecule has 0 amide bonds. The smallest absolute Gasteiger partial charge is 0.314 e. The van der Waals surface area contributed by atoms with E-state index in [-0.39, 0.29) is 18.4 Å². The maximum Gasteiger partial charge on any atom is 0.416 e. The van der Waals surface area contributed by atoms with Crippen molar-refractivity contribution >= 4 is 28.3 Å². The van der Waals surface area contributed by atoms with Crippen molar-refractivity contribution in [2.24, 2.45) is 5.92 Å². The van der Waals surface area contributed by atoms with Gasteiger partial charge in [0, 0.05) is 36.7 Å². The third-order valence-electron chi connectivity index (χ3n) is 5.28. The van der Waals surface area contributed by atoms with Crippen LogP contribution in [-0.2, 0) is 6.18 Å². The van der Waals surface area contributed by atoms with Gasteiger partial charge in [0.1, 0.15) is 0 Å². The molecule has 1 saturated heterocycles. The number of rotatable bonds is 3. The summed E-state index contributed by atoms with van der Waals surface area (Å²) < 4.78 is 40.4. The molecule has 1 atom stereocenters. The van der Waals surface area contributed by atoms with E-state index in [9.17, 15) is 13.2 Å². The largest absolute Gasteiger partial charge is 0.416 e. The first-order chi connectivity index (χ1) is 11.5. The van der Waals surface area contributed by atoms with Crippen molar-refractivity contribution in [1.82, 2.24) is 10.2 Å². The van der Waals surface area contributed by atoms with Gasteiger partial charge >= 0.3 is 6.18 Å². The molecule has 0 radical (unpaired) electrons. The van der Waals surface area contributed by atoms with Crippen LogP contribution in [0.2, 0.25) is 0 Å². The van der Waals surface area contributed by atoms with Crippen molar-refractivity contribution in [1.29, 1.82) is 0 Å². The van der Waals surface area contributed by atoms with Gasteiger partial charge in [0.05, 0.1) is 5.56 Å². The fourth-order valence-electron chi connectivity index (χ4n) is 4.11. The Bertz CT molecular complexity index is 538. The lowest BCUT2D eigenvalue weighted by Crippen LogP contribution is -2.47. The normalized spacial score (nSPS) is 21.6. The summed E-state index contributed by atoms with van der Waals surface area (Å²) in [7, 11) is 0. The Balaban J connectivity index is 0.00000225. The van der Waals surface area contributed by atoms with E-state index in [1.807, 2.05) is 0 Å². The Hall–Kier alpha value is -0.300. The number of benzene rings is 1. The van der Waals surface area contributed by atoms with Crippen LogP contribution < -0.4 is 5.32 Å². The summed E-state index contributed by atoms with van der Waals surface area (Å²) in [5, 5.41) is 3.34. The van der Waals surface area contributed by atoms with Gasteiger partial charge < -0.3 is 5.32 Å². The van der Waals surface area contributed by atoms with E-state index < -0.39 is 11.7 Å². The van der Waals surface area contributed by atoms with Crippen molar-refractivity contribution in [3.8, 4) is 0 Å². The molecule has 0 spiro atoms. The van der Waals surface area contributed by atoms with Crippen LogP contribution in [0.1, 0.15) is 49.3 Å². The van der Waals surface area contributed by atoms with Crippen LogP contribution in [0.15, 0.2) is 22.7 Å². The second kappa shape index (κ2) is 9.07. The van der Waals surface area contributed by atoms with Gasteiger partial charge in [-0.2, -0.15) is 13.2 Å². The molecular weight excluding hydrogens is 417 g/mol. The lowest BCUT2D eigenvalue weighted by molar-refractivity contribution is -0.137. The number of nitrogens with zero attached hydrogens (tertiary/aromatic N) is 1. The van der Waals surface area contributed by atoms with Crippen molar-refractivity contribution in [3.05, 3.63) is 33.8 Å². The average Bonchev–Trinajstić information content (AvgIpc) is 2.58. The highest BCUT2D eigenvalue weighted by molar-refractivity contribution is 9.10. The first kappa shape index (κ1) is 21.0. The highest BCUT2D eigenvalue weighted by Crippen LogP contribution is 2.42. The van der Waals surface area contributed by atoms with Crippen LogP contribution in [0.5, 0.6) is 0 Å². The fourth-order valence-corrected chi connectivity index (χ4v) is 4.59. The zero-order valence-electron chi connectivity index (χ0n) is 14.1. The molecule has 1 saturated carbocycles. The molecule has 25 heavy (non-hydrogen) atoms. The lowest BCUT2D eigenvalue weighted by Gasteiger charge is -2.41. The first-order valence-electron chi connectivity index (χ1n) is 8.78. The molecule has 1 heterocycles. The Morgan fingerprint density at radius 2 is 1.72 bits per heavy atom. The molecule has 1 aromatic carbocycles. The molecule has 0 bridgehead atoms. The molecule has 2 fully saturated rings. The molecule has 1 aliphatic carbocycles. The van der Waals surface area contributed by atoms with Crippen molar-refractivity contribution in [3.63, 3.8) is 0 Å². The Morgan fingerprint density at radius 1 is 1.08 bits per heavy atom. The van der Waals surface area contributed by atoms with Gasteiger partial charge in [-0.3, -0.25) is 4.90 Å². The summed E-state index contributed by atoms with van der Waals surface area (Å²) in [6, 6.07) is 4.18. The molecule has 0 aromatic heterocycles. The van der Waals surface area contributed by atoms with E-state index in [2.05, 4.69) is 26.1 Å². The van der Waals surface area contributed by atoms with E-state index in [1.54, 1.807) is 6.07 Å². The molecule has 1 aliphatic heterocycles. The number of halogens is 5. The fraction of sp³-hybridized carbons (Fsp3) is 0.667. The topological polar surface area (TPSA) is 15.3 Å². The van der Waals surface area contributed by atoms with Gasteiger partial charge in [-0.25, -0.2) is 0 Å². The Morgan fingerprint density at radius 3 is 2.32 bits per heavy atom. The number of hydrogen-bond acceptors (Lipinski definition) is 2. The number of alkyl halides is 3. The van der Waals surface area contributed by atoms with E-state index in [4.69, 9.17) is 0 Å². The Kier molecular flexibility index (Phi) is 7.62. The van der Waals surface area contributed by atoms with Gasteiger partial charge in [-0.1, -0.05) is 35.2 Å². The maximum atomic E-state index is 13.2. The molecule has 7 heteroatoms. The third kappa shape index (κ3) is 5.12. The maximum absolute atomic E-state index is 13.2. The molecular formula is C18H25BrClF3N2. The number of hydrogen-bond donors (Lipinski definition) is 1.